The van der Waals surface area contributed by atoms with Crippen LogP contribution >= 0.6 is 0 Å². The van der Waals surface area contributed by atoms with Gasteiger partial charge in [0, 0.05) is 0 Å². The number of hydrogen-bond acceptors (Lipinski definition) is 3. The molecule has 1 aliphatic rings. The van der Waals surface area contributed by atoms with E-state index >= 15 is 0 Å². The second-order valence-electron chi connectivity index (χ2n) is 6.87. The molecule has 0 spiro atoms. The number of rotatable bonds is 13. The van der Waals surface area contributed by atoms with Crippen LogP contribution in [0.15, 0.2) is 21.6 Å². The molecule has 146 valence electrons. The third-order valence-electron chi connectivity index (χ3n) is 5.85. The third kappa shape index (κ3) is 4.68. The van der Waals surface area contributed by atoms with E-state index in [9.17, 15) is 0 Å². The second-order valence-corrected chi connectivity index (χ2v) is 12.8. The maximum absolute atomic E-state index is 2.88. The Balaban J connectivity index is 3.62. The van der Waals surface area contributed by atoms with Gasteiger partial charge in [0.1, 0.15) is 0 Å². The molecule has 4 heteroatoms. The van der Waals surface area contributed by atoms with Crippen molar-refractivity contribution in [2.75, 3.05) is 39.3 Å². The van der Waals surface area contributed by atoms with Crippen LogP contribution in [0.3, 0.4) is 0 Å². The van der Waals surface area contributed by atoms with Gasteiger partial charge in [-0.25, -0.2) is 0 Å². The Hall–Kier alpha value is 0.0743. The molecule has 3 nitrogen and oxygen atoms in total. The Labute approximate surface area is 162 Å². The summed E-state index contributed by atoms with van der Waals surface area (Å²) in [6, 6.07) is 0. The first-order chi connectivity index (χ1) is 12.1. The summed E-state index contributed by atoms with van der Waals surface area (Å²) in [6.07, 6.45) is 9.95. The summed E-state index contributed by atoms with van der Waals surface area (Å²) in [4.78, 5) is 0. The monoisotopic (exact) mass is 385 g/mol. The van der Waals surface area contributed by atoms with Crippen molar-refractivity contribution in [2.24, 2.45) is 0 Å². The van der Waals surface area contributed by atoms with Crippen molar-refractivity contribution in [1.29, 1.82) is 0 Å². The van der Waals surface area contributed by atoms with E-state index in [1.54, 1.807) is 5.57 Å². The molecule has 0 aromatic heterocycles. The standard InChI is InChI=1S/C9H13.3C4H10N.Ti/c1-2-3-6-9-7-4-5-8-9;3*1-3-5-4-2;/h4,7H,2-3,5-6H2,1H3;3*3-4H2,1-2H3;/q;3*-1;+3. The van der Waals surface area contributed by atoms with Gasteiger partial charge < -0.3 is 0 Å². The quantitative estimate of drug-likeness (QED) is 0.398. The average molecular weight is 385 g/mol. The fraction of sp³-hybridized carbons (Fsp3) is 0.810. The number of unbranched alkanes of at least 4 members (excludes halogenated alkanes) is 1. The molecule has 0 amide bonds. The summed E-state index contributed by atoms with van der Waals surface area (Å²) in [5, 5.41) is 0. The molecule has 0 heterocycles. The van der Waals surface area contributed by atoms with E-state index in [1.165, 1.54) is 25.7 Å². The van der Waals surface area contributed by atoms with Crippen LogP contribution in [0.1, 0.15) is 74.1 Å². The Kier molecular flexibility index (Phi) is 10.8. The normalized spacial score (nSPS) is 15.4. The van der Waals surface area contributed by atoms with Crippen LogP contribution in [0.25, 0.3) is 0 Å². The summed E-state index contributed by atoms with van der Waals surface area (Å²) >= 11 is -2.73. The second kappa shape index (κ2) is 11.7. The molecular formula is C21H43N3Ti. The van der Waals surface area contributed by atoms with Gasteiger partial charge in [0.25, 0.3) is 0 Å². The van der Waals surface area contributed by atoms with E-state index in [-0.39, 0.29) is 0 Å². The van der Waals surface area contributed by atoms with Crippen molar-refractivity contribution in [1.82, 2.24) is 10.1 Å². The summed E-state index contributed by atoms with van der Waals surface area (Å²) in [5.41, 5.74) is 1.67. The molecule has 0 saturated carbocycles. The molecule has 0 atom stereocenters. The van der Waals surface area contributed by atoms with Gasteiger partial charge in [-0.2, -0.15) is 0 Å². The zero-order valence-electron chi connectivity index (χ0n) is 18.1. The molecule has 1 rings (SSSR count). The SMILES string of the molecule is CCCCC1=[C]([Ti]([N](CC)CC)([N](CC)CC)[N](CC)CC)CC=C1. The Morgan fingerprint density at radius 3 is 1.56 bits per heavy atom. The minimum absolute atomic E-state index is 1.16. The topological polar surface area (TPSA) is 9.72 Å². The van der Waals surface area contributed by atoms with E-state index in [1.807, 2.05) is 3.88 Å². The average Bonchev–Trinajstić information content (AvgIpc) is 3.10. The molecule has 0 N–H and O–H groups in total. The molecule has 0 radical (unpaired) electrons. The number of allylic oxidation sites excluding steroid dienone is 4. The summed E-state index contributed by atoms with van der Waals surface area (Å²) in [7, 11) is 0. The Morgan fingerprint density at radius 1 is 0.760 bits per heavy atom. The van der Waals surface area contributed by atoms with Crippen LogP contribution in [0.4, 0.5) is 0 Å². The molecular weight excluding hydrogens is 342 g/mol. The first kappa shape index (κ1) is 23.1. The van der Waals surface area contributed by atoms with Crippen molar-refractivity contribution in [3.8, 4) is 0 Å². The van der Waals surface area contributed by atoms with Crippen molar-refractivity contribution in [2.45, 2.75) is 74.1 Å². The van der Waals surface area contributed by atoms with Gasteiger partial charge in [0.2, 0.25) is 0 Å². The van der Waals surface area contributed by atoms with Gasteiger partial charge in [-0.3, -0.25) is 0 Å². The van der Waals surface area contributed by atoms with Gasteiger partial charge in [0.15, 0.2) is 0 Å². The van der Waals surface area contributed by atoms with Crippen molar-refractivity contribution in [3.63, 3.8) is 0 Å². The van der Waals surface area contributed by atoms with E-state index in [2.05, 4.69) is 70.8 Å². The zero-order chi connectivity index (χ0) is 18.9. The fourth-order valence-corrected chi connectivity index (χ4v) is 14.1. The van der Waals surface area contributed by atoms with E-state index in [0.717, 1.165) is 39.3 Å². The molecule has 0 fully saturated rings. The van der Waals surface area contributed by atoms with Gasteiger partial charge >= 0.3 is 163 Å². The summed E-state index contributed by atoms with van der Waals surface area (Å²) in [6.45, 7) is 23.5. The molecule has 0 aliphatic heterocycles. The van der Waals surface area contributed by atoms with Crippen LogP contribution in [-0.2, 0) is 17.4 Å². The molecule has 0 aromatic carbocycles. The maximum atomic E-state index is 2.88. The van der Waals surface area contributed by atoms with Crippen molar-refractivity contribution in [3.05, 3.63) is 21.6 Å². The Morgan fingerprint density at radius 2 is 1.20 bits per heavy atom. The fourth-order valence-electron chi connectivity index (χ4n) is 4.67. The third-order valence-corrected chi connectivity index (χ3v) is 15.0. The van der Waals surface area contributed by atoms with Crippen LogP contribution in [0.5, 0.6) is 0 Å². The van der Waals surface area contributed by atoms with Crippen LogP contribution < -0.4 is 0 Å². The molecule has 25 heavy (non-hydrogen) atoms. The predicted molar refractivity (Wildman–Crippen MR) is 109 cm³/mol. The van der Waals surface area contributed by atoms with Crippen molar-refractivity contribution >= 4 is 0 Å². The Bertz CT molecular complexity index is 401. The first-order valence-electron chi connectivity index (χ1n) is 10.8. The zero-order valence-corrected chi connectivity index (χ0v) is 19.6. The van der Waals surface area contributed by atoms with Crippen LogP contribution in [0.2, 0.25) is 0 Å². The van der Waals surface area contributed by atoms with Gasteiger partial charge in [-0.15, -0.1) is 0 Å². The van der Waals surface area contributed by atoms with Crippen molar-refractivity contribution < 1.29 is 17.4 Å². The van der Waals surface area contributed by atoms with E-state index in [4.69, 9.17) is 0 Å². The van der Waals surface area contributed by atoms with Gasteiger partial charge in [0.05, 0.1) is 0 Å². The van der Waals surface area contributed by atoms with Crippen LogP contribution in [0, 0.1) is 0 Å². The minimum atomic E-state index is -2.73. The van der Waals surface area contributed by atoms with E-state index < -0.39 is 17.4 Å². The summed E-state index contributed by atoms with van der Waals surface area (Å²) in [5.74, 6) is 0. The first-order valence-corrected chi connectivity index (χ1v) is 13.6. The summed E-state index contributed by atoms with van der Waals surface area (Å²) < 4.78 is 10.5. The molecule has 0 bridgehead atoms. The molecule has 0 saturated heterocycles. The molecule has 0 aromatic rings. The van der Waals surface area contributed by atoms with Crippen LogP contribution in [-0.4, -0.2) is 49.4 Å². The van der Waals surface area contributed by atoms with Gasteiger partial charge in [-0.1, -0.05) is 0 Å². The molecule has 0 unspecified atom stereocenters. The van der Waals surface area contributed by atoms with Gasteiger partial charge in [-0.05, 0) is 0 Å². The van der Waals surface area contributed by atoms with E-state index in [0.29, 0.717) is 0 Å². The number of hydrogen-bond donors (Lipinski definition) is 0. The molecule has 1 aliphatic carbocycles. The number of nitrogens with zero attached hydrogens (tertiary/aromatic N) is 3. The predicted octanol–water partition coefficient (Wildman–Crippen LogP) is 5.31.